The fourth-order valence-corrected chi connectivity index (χ4v) is 5.06. The average Bonchev–Trinajstić information content (AvgIpc) is 3.25. The summed E-state index contributed by atoms with van der Waals surface area (Å²) in [4.78, 5) is 18.1. The summed E-state index contributed by atoms with van der Waals surface area (Å²) in [5.41, 5.74) is 6.09. The van der Waals surface area contributed by atoms with Crippen molar-refractivity contribution in [3.8, 4) is 28.0 Å². The molecule has 2 aromatic carbocycles. The minimum absolute atomic E-state index is 0.258. The van der Waals surface area contributed by atoms with Gasteiger partial charge in [0.25, 0.3) is 0 Å². The molecule has 0 atom stereocenters. The zero-order chi connectivity index (χ0) is 23.5. The second-order valence-corrected chi connectivity index (χ2v) is 9.78. The monoisotopic (exact) mass is 460 g/mol. The quantitative estimate of drug-likeness (QED) is 0.508. The van der Waals surface area contributed by atoms with E-state index in [0.29, 0.717) is 30.4 Å². The van der Waals surface area contributed by atoms with E-state index in [2.05, 4.69) is 48.2 Å². The molecule has 170 valence electrons. The van der Waals surface area contributed by atoms with Crippen LogP contribution in [0.5, 0.6) is 0 Å². The molecule has 33 heavy (non-hydrogen) atoms. The molecular formula is C26H28N4O2S. The van der Waals surface area contributed by atoms with Gasteiger partial charge in [0, 0.05) is 30.8 Å². The first kappa shape index (κ1) is 23.1. The van der Waals surface area contributed by atoms with E-state index in [-0.39, 0.29) is 5.92 Å². The lowest BCUT2D eigenvalue weighted by Gasteiger charge is -2.37. The zero-order valence-corrected chi connectivity index (χ0v) is 20.0. The molecule has 0 aliphatic carbocycles. The van der Waals surface area contributed by atoms with Crippen molar-refractivity contribution >= 4 is 17.5 Å². The third kappa shape index (κ3) is 4.97. The molecule has 0 saturated carbocycles. The number of likely N-dealkylation sites (tertiary alicyclic amines) is 1. The van der Waals surface area contributed by atoms with Gasteiger partial charge in [-0.3, -0.25) is 9.69 Å². The fourth-order valence-electron chi connectivity index (χ4n) is 4.39. The smallest absolute Gasteiger partial charge is 0.309 e. The molecule has 1 aromatic heterocycles. The highest BCUT2D eigenvalue weighted by Crippen LogP contribution is 2.32. The summed E-state index contributed by atoms with van der Waals surface area (Å²) < 4.78 is 4.64. The number of benzene rings is 2. The number of nitrogens with zero attached hydrogens (tertiary/aromatic N) is 4. The molecule has 0 amide bonds. The van der Waals surface area contributed by atoms with Crippen LogP contribution in [0, 0.1) is 23.2 Å². The van der Waals surface area contributed by atoms with Crippen LogP contribution in [0.25, 0.3) is 22.0 Å². The van der Waals surface area contributed by atoms with E-state index >= 15 is 0 Å². The second kappa shape index (κ2) is 9.82. The van der Waals surface area contributed by atoms with Gasteiger partial charge < -0.3 is 5.11 Å². The minimum Gasteiger partial charge on any atom is -0.481 e. The number of hydrogen-bond donors (Lipinski definition) is 1. The molecule has 4 rings (SSSR count). The first-order valence-corrected chi connectivity index (χ1v) is 12.1. The largest absolute Gasteiger partial charge is 0.481 e. The molecule has 1 aliphatic heterocycles. The number of carboxylic acid groups (broad SMARTS) is 1. The highest BCUT2D eigenvalue weighted by Gasteiger charge is 2.32. The van der Waals surface area contributed by atoms with Crippen LogP contribution in [0.4, 0.5) is 0 Å². The molecule has 7 heteroatoms. The molecule has 1 aliphatic rings. The van der Waals surface area contributed by atoms with E-state index in [9.17, 15) is 10.1 Å². The Morgan fingerprint density at radius 3 is 2.73 bits per heavy atom. The summed E-state index contributed by atoms with van der Waals surface area (Å²) >= 11 is 1.35. The van der Waals surface area contributed by atoms with Crippen LogP contribution < -0.4 is 0 Å². The lowest BCUT2D eigenvalue weighted by Crippen LogP contribution is -2.49. The highest BCUT2D eigenvalue weighted by atomic mass is 32.1. The van der Waals surface area contributed by atoms with Crippen LogP contribution in [-0.2, 0) is 24.2 Å². The van der Waals surface area contributed by atoms with Crippen molar-refractivity contribution in [1.29, 1.82) is 5.26 Å². The van der Waals surface area contributed by atoms with E-state index < -0.39 is 5.97 Å². The van der Waals surface area contributed by atoms with E-state index in [1.807, 2.05) is 24.3 Å². The normalized spacial score (nSPS) is 14.3. The van der Waals surface area contributed by atoms with Crippen LogP contribution in [0.1, 0.15) is 43.0 Å². The Morgan fingerprint density at radius 2 is 2.06 bits per heavy atom. The summed E-state index contributed by atoms with van der Waals surface area (Å²) in [5.74, 6) is 0.213. The third-order valence-electron chi connectivity index (χ3n) is 6.10. The Morgan fingerprint density at radius 1 is 1.27 bits per heavy atom. The Balaban J connectivity index is 1.59. The van der Waals surface area contributed by atoms with E-state index in [1.165, 1.54) is 22.7 Å². The number of carbonyl (C=O) groups is 1. The first-order chi connectivity index (χ1) is 15.9. The molecule has 0 bridgehead atoms. The summed E-state index contributed by atoms with van der Waals surface area (Å²) in [6.45, 7) is 8.35. The van der Waals surface area contributed by atoms with Gasteiger partial charge in [-0.2, -0.15) is 9.64 Å². The topological polar surface area (TPSA) is 90.1 Å². The van der Waals surface area contributed by atoms with Crippen molar-refractivity contribution in [2.24, 2.45) is 11.8 Å². The zero-order valence-electron chi connectivity index (χ0n) is 19.2. The SMILES string of the molecule is CCc1c(CN2CC(C(=O)O)C2)cccc1-c1nsc(-c2ccc(CC(C)C)c(C#N)c2)n1. The molecule has 2 heterocycles. The number of aromatic nitrogens is 2. The van der Waals surface area contributed by atoms with Crippen molar-refractivity contribution in [2.45, 2.75) is 40.2 Å². The van der Waals surface area contributed by atoms with Crippen molar-refractivity contribution < 1.29 is 9.90 Å². The maximum Gasteiger partial charge on any atom is 0.309 e. The Bertz CT molecular complexity index is 1210. The Labute approximate surface area is 198 Å². The van der Waals surface area contributed by atoms with Gasteiger partial charge in [0.1, 0.15) is 5.01 Å². The van der Waals surface area contributed by atoms with Gasteiger partial charge in [-0.15, -0.1) is 0 Å². The minimum atomic E-state index is -0.716. The summed E-state index contributed by atoms with van der Waals surface area (Å²) in [6, 6.07) is 14.5. The maximum atomic E-state index is 11.1. The number of rotatable bonds is 8. The molecule has 0 radical (unpaired) electrons. The molecule has 0 unspecified atom stereocenters. The predicted octanol–water partition coefficient (Wildman–Crippen LogP) is 5.02. The average molecular weight is 461 g/mol. The van der Waals surface area contributed by atoms with Gasteiger partial charge in [0.2, 0.25) is 0 Å². The van der Waals surface area contributed by atoms with Crippen LogP contribution in [0.3, 0.4) is 0 Å². The van der Waals surface area contributed by atoms with Gasteiger partial charge in [-0.05, 0) is 53.0 Å². The fraction of sp³-hybridized carbons (Fsp3) is 0.385. The van der Waals surface area contributed by atoms with E-state index in [0.717, 1.165) is 41.1 Å². The van der Waals surface area contributed by atoms with Crippen LogP contribution in [0.15, 0.2) is 36.4 Å². The van der Waals surface area contributed by atoms with Gasteiger partial charge in [-0.25, -0.2) is 4.98 Å². The van der Waals surface area contributed by atoms with Gasteiger partial charge in [-0.1, -0.05) is 51.1 Å². The summed E-state index contributed by atoms with van der Waals surface area (Å²) in [6.07, 6.45) is 1.72. The van der Waals surface area contributed by atoms with Gasteiger partial charge in [0.05, 0.1) is 17.6 Å². The molecule has 6 nitrogen and oxygen atoms in total. The molecule has 1 fully saturated rings. The van der Waals surface area contributed by atoms with Gasteiger partial charge >= 0.3 is 5.97 Å². The Hall–Kier alpha value is -3.08. The van der Waals surface area contributed by atoms with Crippen LogP contribution in [0.2, 0.25) is 0 Å². The number of aliphatic carboxylic acids is 1. The summed E-state index contributed by atoms with van der Waals surface area (Å²) in [7, 11) is 0. The van der Waals surface area contributed by atoms with E-state index in [4.69, 9.17) is 10.1 Å². The number of hydrogen-bond acceptors (Lipinski definition) is 6. The number of carboxylic acids is 1. The maximum absolute atomic E-state index is 11.1. The lowest BCUT2D eigenvalue weighted by atomic mass is 9.95. The predicted molar refractivity (Wildman–Crippen MR) is 130 cm³/mol. The van der Waals surface area contributed by atoms with Crippen LogP contribution in [-0.4, -0.2) is 38.4 Å². The highest BCUT2D eigenvalue weighted by molar-refractivity contribution is 7.09. The van der Waals surface area contributed by atoms with Crippen molar-refractivity contribution in [1.82, 2.24) is 14.3 Å². The summed E-state index contributed by atoms with van der Waals surface area (Å²) in [5, 5.41) is 19.5. The second-order valence-electron chi connectivity index (χ2n) is 9.03. The van der Waals surface area contributed by atoms with Gasteiger partial charge in [0.15, 0.2) is 5.82 Å². The molecule has 3 aromatic rings. The standard InChI is InChI=1S/C26H28N4O2S/c1-4-22-19(13-30-14-21(15-30)26(31)32)6-5-7-23(22)24-28-25(33-29-24)18-9-8-17(10-16(2)3)20(11-18)12-27/h5-9,11,16,21H,4,10,13-15H2,1-3H3,(H,31,32). The molecule has 1 N–H and O–H groups in total. The third-order valence-corrected chi connectivity index (χ3v) is 6.86. The molecule has 0 spiro atoms. The number of nitriles is 1. The van der Waals surface area contributed by atoms with Crippen molar-refractivity contribution in [3.63, 3.8) is 0 Å². The van der Waals surface area contributed by atoms with E-state index in [1.54, 1.807) is 0 Å². The molecular weight excluding hydrogens is 432 g/mol. The van der Waals surface area contributed by atoms with Crippen molar-refractivity contribution in [3.05, 3.63) is 58.7 Å². The van der Waals surface area contributed by atoms with Crippen LogP contribution >= 0.6 is 11.5 Å². The van der Waals surface area contributed by atoms with Crippen molar-refractivity contribution in [2.75, 3.05) is 13.1 Å². The Kier molecular flexibility index (Phi) is 6.87. The lowest BCUT2D eigenvalue weighted by molar-refractivity contribution is -0.147. The first-order valence-electron chi connectivity index (χ1n) is 11.3. The molecule has 1 saturated heterocycles.